The maximum absolute atomic E-state index is 13.3. The standard InChI is InChI=1S/C34H28N4O4/c1-23-32(24(2)38(37-23)27-16-7-4-8-17-27)36-33(40)28-18-10-11-19-29(28)35-31(39)22-21-25-13-9-12-20-30(25)42-34(41)26-14-5-3-6-15-26/h3-22H,1-2H3,(H,35,39)(H,36,40)/b22-21+. The molecule has 5 aromatic rings. The molecule has 0 spiro atoms. The zero-order chi connectivity index (χ0) is 29.5. The van der Waals surface area contributed by atoms with Crippen molar-refractivity contribution in [2.75, 3.05) is 10.6 Å². The first-order chi connectivity index (χ1) is 20.4. The van der Waals surface area contributed by atoms with Crippen LogP contribution in [0.2, 0.25) is 0 Å². The number of nitrogens with one attached hydrogen (secondary N) is 2. The summed E-state index contributed by atoms with van der Waals surface area (Å²) in [6, 6.07) is 32.0. The van der Waals surface area contributed by atoms with Gasteiger partial charge in [0.25, 0.3) is 5.91 Å². The van der Waals surface area contributed by atoms with Crippen LogP contribution in [-0.2, 0) is 4.79 Å². The number of carbonyl (C=O) groups excluding carboxylic acids is 3. The predicted molar refractivity (Wildman–Crippen MR) is 163 cm³/mol. The molecule has 0 saturated carbocycles. The Hall–Kier alpha value is -5.76. The second-order valence-corrected chi connectivity index (χ2v) is 9.41. The van der Waals surface area contributed by atoms with Gasteiger partial charge in [-0.2, -0.15) is 5.10 Å². The van der Waals surface area contributed by atoms with E-state index in [4.69, 9.17) is 4.74 Å². The van der Waals surface area contributed by atoms with Gasteiger partial charge in [-0.3, -0.25) is 9.59 Å². The first-order valence-corrected chi connectivity index (χ1v) is 13.3. The van der Waals surface area contributed by atoms with E-state index in [0.717, 1.165) is 11.4 Å². The monoisotopic (exact) mass is 556 g/mol. The topological polar surface area (TPSA) is 102 Å². The van der Waals surface area contributed by atoms with Crippen molar-refractivity contribution in [2.45, 2.75) is 13.8 Å². The summed E-state index contributed by atoms with van der Waals surface area (Å²) < 4.78 is 7.33. The predicted octanol–water partition coefficient (Wildman–Crippen LogP) is 6.61. The summed E-state index contributed by atoms with van der Waals surface area (Å²) in [4.78, 5) is 38.8. The van der Waals surface area contributed by atoms with Crippen LogP contribution in [-0.4, -0.2) is 27.6 Å². The van der Waals surface area contributed by atoms with Crippen LogP contribution in [0.25, 0.3) is 11.8 Å². The van der Waals surface area contributed by atoms with Crippen molar-refractivity contribution in [1.29, 1.82) is 0 Å². The molecule has 0 bridgehead atoms. The molecule has 8 heteroatoms. The number of hydrogen-bond donors (Lipinski definition) is 2. The number of para-hydroxylation sites is 3. The Bertz CT molecular complexity index is 1780. The van der Waals surface area contributed by atoms with E-state index < -0.39 is 11.9 Å². The second-order valence-electron chi connectivity index (χ2n) is 9.41. The van der Waals surface area contributed by atoms with Crippen LogP contribution >= 0.6 is 0 Å². The van der Waals surface area contributed by atoms with Gasteiger partial charge in [0.2, 0.25) is 5.91 Å². The molecule has 4 aromatic carbocycles. The Labute approximate surface area is 243 Å². The van der Waals surface area contributed by atoms with Crippen molar-refractivity contribution >= 4 is 35.2 Å². The van der Waals surface area contributed by atoms with Gasteiger partial charge in [-0.25, -0.2) is 9.48 Å². The highest BCUT2D eigenvalue weighted by molar-refractivity contribution is 6.12. The normalized spacial score (nSPS) is 10.8. The average molecular weight is 557 g/mol. The molecule has 1 heterocycles. The van der Waals surface area contributed by atoms with E-state index in [0.29, 0.717) is 39.5 Å². The quantitative estimate of drug-likeness (QED) is 0.127. The summed E-state index contributed by atoms with van der Waals surface area (Å²) in [5.41, 5.74) is 4.54. The first kappa shape index (κ1) is 27.8. The molecule has 0 radical (unpaired) electrons. The van der Waals surface area contributed by atoms with E-state index in [1.54, 1.807) is 83.6 Å². The van der Waals surface area contributed by atoms with Crippen LogP contribution in [0, 0.1) is 13.8 Å². The number of anilines is 2. The summed E-state index contributed by atoms with van der Waals surface area (Å²) in [5.74, 6) is -1.02. The summed E-state index contributed by atoms with van der Waals surface area (Å²) in [5, 5.41) is 10.3. The molecule has 0 aliphatic carbocycles. The van der Waals surface area contributed by atoms with Gasteiger partial charge in [-0.05, 0) is 62.4 Å². The molecule has 5 rings (SSSR count). The summed E-state index contributed by atoms with van der Waals surface area (Å²) >= 11 is 0. The molecule has 8 nitrogen and oxygen atoms in total. The molecule has 1 aromatic heterocycles. The highest BCUT2D eigenvalue weighted by Gasteiger charge is 2.18. The molecule has 208 valence electrons. The van der Waals surface area contributed by atoms with Crippen molar-refractivity contribution in [3.63, 3.8) is 0 Å². The zero-order valence-electron chi connectivity index (χ0n) is 23.1. The van der Waals surface area contributed by atoms with Crippen LogP contribution in [0.15, 0.2) is 115 Å². The van der Waals surface area contributed by atoms with Gasteiger partial charge in [-0.1, -0.05) is 66.7 Å². The molecule has 0 atom stereocenters. The van der Waals surface area contributed by atoms with Gasteiger partial charge in [0.05, 0.1) is 39.6 Å². The fourth-order valence-electron chi connectivity index (χ4n) is 4.40. The first-order valence-electron chi connectivity index (χ1n) is 13.3. The third-order valence-corrected chi connectivity index (χ3v) is 6.51. The second kappa shape index (κ2) is 12.6. The van der Waals surface area contributed by atoms with Crippen molar-refractivity contribution in [3.8, 4) is 11.4 Å². The molecule has 0 unspecified atom stereocenters. The maximum atomic E-state index is 13.3. The van der Waals surface area contributed by atoms with Crippen LogP contribution < -0.4 is 15.4 Å². The fraction of sp³-hybridized carbons (Fsp3) is 0.0588. The largest absolute Gasteiger partial charge is 0.422 e. The molecular weight excluding hydrogens is 528 g/mol. The summed E-state index contributed by atoms with van der Waals surface area (Å²) in [6.07, 6.45) is 2.87. The highest BCUT2D eigenvalue weighted by Crippen LogP contribution is 2.25. The third kappa shape index (κ3) is 6.34. The Morgan fingerprint density at radius 3 is 2.17 bits per heavy atom. The van der Waals surface area contributed by atoms with E-state index in [-0.39, 0.29) is 5.91 Å². The molecule has 0 saturated heterocycles. The highest BCUT2D eigenvalue weighted by atomic mass is 16.5. The number of aromatic nitrogens is 2. The van der Waals surface area contributed by atoms with Gasteiger partial charge >= 0.3 is 5.97 Å². The number of ether oxygens (including phenoxy) is 1. The SMILES string of the molecule is Cc1nn(-c2ccccc2)c(C)c1NC(=O)c1ccccc1NC(=O)/C=C/c1ccccc1OC(=O)c1ccccc1. The number of esters is 1. The van der Waals surface area contributed by atoms with Crippen molar-refractivity contribution in [2.24, 2.45) is 0 Å². The minimum absolute atomic E-state index is 0.294. The lowest BCUT2D eigenvalue weighted by atomic mass is 10.1. The van der Waals surface area contributed by atoms with E-state index in [1.165, 1.54) is 6.08 Å². The molecule has 42 heavy (non-hydrogen) atoms. The Morgan fingerprint density at radius 1 is 0.762 bits per heavy atom. The average Bonchev–Trinajstić information content (AvgIpc) is 3.30. The maximum Gasteiger partial charge on any atom is 0.343 e. The molecular formula is C34H28N4O4. The molecule has 2 N–H and O–H groups in total. The Kier molecular flexibility index (Phi) is 8.34. The smallest absolute Gasteiger partial charge is 0.343 e. The van der Waals surface area contributed by atoms with Crippen LogP contribution in [0.3, 0.4) is 0 Å². The van der Waals surface area contributed by atoms with Gasteiger partial charge in [0.15, 0.2) is 0 Å². The van der Waals surface area contributed by atoms with E-state index in [1.807, 2.05) is 50.2 Å². The fourth-order valence-corrected chi connectivity index (χ4v) is 4.40. The minimum atomic E-state index is -0.499. The van der Waals surface area contributed by atoms with Gasteiger partial charge in [0, 0.05) is 11.6 Å². The number of carbonyl (C=O) groups is 3. The Balaban J connectivity index is 1.30. The van der Waals surface area contributed by atoms with Crippen LogP contribution in [0.5, 0.6) is 5.75 Å². The number of benzene rings is 4. The van der Waals surface area contributed by atoms with Gasteiger partial charge in [0.1, 0.15) is 5.75 Å². The number of hydrogen-bond acceptors (Lipinski definition) is 5. The molecule has 2 amide bonds. The molecule has 0 aliphatic heterocycles. The van der Waals surface area contributed by atoms with Crippen molar-refractivity contribution in [3.05, 3.63) is 143 Å². The number of nitrogens with zero attached hydrogens (tertiary/aromatic N) is 2. The summed E-state index contributed by atoms with van der Waals surface area (Å²) in [7, 11) is 0. The number of aryl methyl sites for hydroxylation is 1. The molecule has 0 fully saturated rings. The van der Waals surface area contributed by atoms with E-state index >= 15 is 0 Å². The number of amides is 2. The van der Waals surface area contributed by atoms with Gasteiger partial charge in [-0.15, -0.1) is 0 Å². The van der Waals surface area contributed by atoms with Crippen molar-refractivity contribution < 1.29 is 19.1 Å². The Morgan fingerprint density at radius 2 is 1.40 bits per heavy atom. The summed E-state index contributed by atoms with van der Waals surface area (Å²) in [6.45, 7) is 3.71. The lowest BCUT2D eigenvalue weighted by Gasteiger charge is -2.11. The minimum Gasteiger partial charge on any atom is -0.422 e. The van der Waals surface area contributed by atoms with E-state index in [2.05, 4.69) is 15.7 Å². The number of rotatable bonds is 8. The van der Waals surface area contributed by atoms with Crippen molar-refractivity contribution in [1.82, 2.24) is 9.78 Å². The third-order valence-electron chi connectivity index (χ3n) is 6.51. The van der Waals surface area contributed by atoms with E-state index in [9.17, 15) is 14.4 Å². The lowest BCUT2D eigenvalue weighted by Crippen LogP contribution is -2.17. The van der Waals surface area contributed by atoms with Crippen LogP contribution in [0.1, 0.15) is 37.7 Å². The van der Waals surface area contributed by atoms with Gasteiger partial charge < -0.3 is 15.4 Å². The molecule has 0 aliphatic rings. The zero-order valence-corrected chi connectivity index (χ0v) is 23.1. The lowest BCUT2D eigenvalue weighted by molar-refractivity contribution is -0.111. The van der Waals surface area contributed by atoms with Crippen LogP contribution in [0.4, 0.5) is 11.4 Å².